The predicted molar refractivity (Wildman–Crippen MR) is 105 cm³/mol. The molecule has 146 valence electrons. The highest BCUT2D eigenvalue weighted by Gasteiger charge is 2.45. The van der Waals surface area contributed by atoms with Crippen molar-refractivity contribution in [3.63, 3.8) is 0 Å². The quantitative estimate of drug-likeness (QED) is 0.590. The van der Waals surface area contributed by atoms with Gasteiger partial charge in [-0.25, -0.2) is 0 Å². The molecule has 1 amide bonds. The maximum atomic E-state index is 11.6. The molecule has 2 aliphatic rings. The highest BCUT2D eigenvalue weighted by atomic mass is 16.7. The topological polar surface area (TPSA) is 42.0 Å². The van der Waals surface area contributed by atoms with Crippen molar-refractivity contribution in [1.29, 1.82) is 0 Å². The number of hydrogen-bond acceptors (Lipinski definition) is 4. The fourth-order valence-electron chi connectivity index (χ4n) is 4.52. The number of hydrogen-bond donors (Lipinski definition) is 0. The van der Waals surface area contributed by atoms with E-state index in [2.05, 4.69) is 23.9 Å². The largest absolute Gasteiger partial charge is 0.377 e. The SMILES string of the molecule is C#CCN(C)C1CC2(CCCO2)CCC1c1ccccc1ON(C)C(C)=O. The van der Waals surface area contributed by atoms with Gasteiger partial charge in [0, 0.05) is 38.1 Å². The molecule has 3 rings (SSSR count). The van der Waals surface area contributed by atoms with Crippen molar-refractivity contribution in [3.8, 4) is 18.1 Å². The molecule has 5 nitrogen and oxygen atoms in total. The summed E-state index contributed by atoms with van der Waals surface area (Å²) in [6.45, 7) is 2.96. The number of para-hydroxylation sites is 1. The van der Waals surface area contributed by atoms with Crippen LogP contribution in [0.15, 0.2) is 24.3 Å². The van der Waals surface area contributed by atoms with Crippen LogP contribution in [0.5, 0.6) is 5.75 Å². The first-order valence-corrected chi connectivity index (χ1v) is 9.74. The summed E-state index contributed by atoms with van der Waals surface area (Å²) in [5.41, 5.74) is 1.13. The van der Waals surface area contributed by atoms with Gasteiger partial charge in [0.2, 0.25) is 0 Å². The van der Waals surface area contributed by atoms with Gasteiger partial charge in [-0.2, -0.15) is 5.06 Å². The molecule has 0 radical (unpaired) electrons. The first kappa shape index (κ1) is 19.7. The van der Waals surface area contributed by atoms with Crippen molar-refractivity contribution >= 4 is 5.91 Å². The minimum absolute atomic E-state index is 0.00397. The van der Waals surface area contributed by atoms with Gasteiger partial charge in [0.15, 0.2) is 5.75 Å². The molecule has 1 saturated heterocycles. The van der Waals surface area contributed by atoms with Gasteiger partial charge in [0.05, 0.1) is 12.1 Å². The van der Waals surface area contributed by atoms with E-state index < -0.39 is 0 Å². The van der Waals surface area contributed by atoms with E-state index >= 15 is 0 Å². The Balaban J connectivity index is 1.89. The standard InChI is InChI=1S/C22H30N2O3/c1-5-14-23(3)20-16-22(12-8-15-26-22)13-11-18(20)19-9-6-7-10-21(19)27-24(4)17(2)25/h1,6-7,9-10,18,20H,8,11-16H2,2-4H3. The van der Waals surface area contributed by atoms with E-state index in [1.165, 1.54) is 12.0 Å². The normalized spacial score (nSPS) is 27.5. The molecule has 1 heterocycles. The Bertz CT molecular complexity index is 706. The van der Waals surface area contributed by atoms with E-state index in [1.54, 1.807) is 7.05 Å². The molecule has 27 heavy (non-hydrogen) atoms. The molecule has 0 aromatic heterocycles. The van der Waals surface area contributed by atoms with Crippen LogP contribution in [-0.4, -0.2) is 54.8 Å². The second kappa shape index (κ2) is 8.33. The molecular formula is C22H30N2O3. The fraction of sp³-hybridized carbons (Fsp3) is 0.591. The minimum atomic E-state index is -0.132. The first-order valence-electron chi connectivity index (χ1n) is 9.74. The van der Waals surface area contributed by atoms with Crippen LogP contribution < -0.4 is 4.84 Å². The van der Waals surface area contributed by atoms with Crippen LogP contribution in [0.2, 0.25) is 0 Å². The summed E-state index contributed by atoms with van der Waals surface area (Å²) in [6.07, 6.45) is 10.9. The third-order valence-corrected chi connectivity index (χ3v) is 6.05. The number of amides is 1. The number of ether oxygens (including phenoxy) is 1. The number of terminal acetylenes is 1. The lowest BCUT2D eigenvalue weighted by Gasteiger charge is -2.45. The van der Waals surface area contributed by atoms with Gasteiger partial charge in [-0.15, -0.1) is 6.42 Å². The summed E-state index contributed by atoms with van der Waals surface area (Å²) in [4.78, 5) is 19.7. The number of carbonyl (C=O) groups is 1. The van der Waals surface area contributed by atoms with Crippen LogP contribution in [0.25, 0.3) is 0 Å². The van der Waals surface area contributed by atoms with Crippen LogP contribution in [0.1, 0.15) is 50.5 Å². The van der Waals surface area contributed by atoms with Crippen molar-refractivity contribution < 1.29 is 14.4 Å². The summed E-state index contributed by atoms with van der Waals surface area (Å²) < 4.78 is 6.19. The maximum Gasteiger partial charge on any atom is 0.251 e. The molecule has 5 heteroatoms. The monoisotopic (exact) mass is 370 g/mol. The molecule has 3 atom stereocenters. The lowest BCUT2D eigenvalue weighted by Crippen LogP contribution is -2.48. The summed E-state index contributed by atoms with van der Waals surface area (Å²) in [5, 5.41) is 1.28. The van der Waals surface area contributed by atoms with Crippen LogP contribution >= 0.6 is 0 Å². The molecule has 1 aliphatic heterocycles. The van der Waals surface area contributed by atoms with Crippen molar-refractivity contribution in [1.82, 2.24) is 9.96 Å². The first-order chi connectivity index (χ1) is 13.0. The third kappa shape index (κ3) is 4.28. The van der Waals surface area contributed by atoms with Crippen LogP contribution in [0.4, 0.5) is 0 Å². The lowest BCUT2D eigenvalue weighted by atomic mass is 9.71. The second-order valence-electron chi connectivity index (χ2n) is 7.82. The molecule has 0 bridgehead atoms. The molecule has 2 fully saturated rings. The smallest absolute Gasteiger partial charge is 0.251 e. The molecule has 1 aliphatic carbocycles. The Kier molecular flexibility index (Phi) is 6.08. The van der Waals surface area contributed by atoms with Gasteiger partial charge >= 0.3 is 0 Å². The summed E-state index contributed by atoms with van der Waals surface area (Å²) >= 11 is 0. The van der Waals surface area contributed by atoms with E-state index in [-0.39, 0.29) is 23.5 Å². The van der Waals surface area contributed by atoms with Gasteiger partial charge in [0.25, 0.3) is 5.91 Å². The van der Waals surface area contributed by atoms with E-state index in [0.29, 0.717) is 6.54 Å². The van der Waals surface area contributed by atoms with Crippen molar-refractivity contribution in [3.05, 3.63) is 29.8 Å². The van der Waals surface area contributed by atoms with E-state index in [9.17, 15) is 4.79 Å². The maximum absolute atomic E-state index is 11.6. The minimum Gasteiger partial charge on any atom is -0.377 e. The van der Waals surface area contributed by atoms with Gasteiger partial charge in [-0.05, 0) is 45.2 Å². The Morgan fingerprint density at radius 1 is 1.37 bits per heavy atom. The number of benzene rings is 1. The van der Waals surface area contributed by atoms with E-state index in [0.717, 1.165) is 50.0 Å². The molecule has 1 spiro atoms. The van der Waals surface area contributed by atoms with Crippen molar-refractivity contribution in [2.24, 2.45) is 0 Å². The number of nitrogens with zero attached hydrogens (tertiary/aromatic N) is 2. The van der Waals surface area contributed by atoms with Crippen LogP contribution in [0, 0.1) is 12.3 Å². The lowest BCUT2D eigenvalue weighted by molar-refractivity contribution is -0.150. The summed E-state index contributed by atoms with van der Waals surface area (Å²) in [5.74, 6) is 3.67. The third-order valence-electron chi connectivity index (χ3n) is 6.05. The molecule has 1 aromatic carbocycles. The number of rotatable bonds is 5. The van der Waals surface area contributed by atoms with Crippen molar-refractivity contribution in [2.45, 2.75) is 56.6 Å². The fourth-order valence-corrected chi connectivity index (χ4v) is 4.52. The van der Waals surface area contributed by atoms with Gasteiger partial charge in [-0.1, -0.05) is 24.1 Å². The highest BCUT2D eigenvalue weighted by molar-refractivity contribution is 5.71. The molecular weight excluding hydrogens is 340 g/mol. The molecule has 3 unspecified atom stereocenters. The van der Waals surface area contributed by atoms with E-state index in [1.807, 2.05) is 18.2 Å². The van der Waals surface area contributed by atoms with Gasteiger partial charge in [-0.3, -0.25) is 9.69 Å². The van der Waals surface area contributed by atoms with E-state index in [4.69, 9.17) is 16.0 Å². The Hall–Kier alpha value is -2.03. The number of hydroxylamine groups is 2. The number of likely N-dealkylation sites (N-methyl/N-ethyl adjacent to an activating group) is 1. The Morgan fingerprint density at radius 3 is 2.81 bits per heavy atom. The highest BCUT2D eigenvalue weighted by Crippen LogP contribution is 2.48. The van der Waals surface area contributed by atoms with Crippen LogP contribution in [0.3, 0.4) is 0 Å². The van der Waals surface area contributed by atoms with Gasteiger partial charge < -0.3 is 9.57 Å². The average molecular weight is 370 g/mol. The molecule has 1 aromatic rings. The average Bonchev–Trinajstić information content (AvgIpc) is 3.10. The summed E-state index contributed by atoms with van der Waals surface area (Å²) in [7, 11) is 3.74. The Morgan fingerprint density at radius 2 is 2.15 bits per heavy atom. The molecule has 1 saturated carbocycles. The Labute approximate surface area is 162 Å². The zero-order valence-corrected chi connectivity index (χ0v) is 16.6. The zero-order valence-electron chi connectivity index (χ0n) is 16.6. The predicted octanol–water partition coefficient (Wildman–Crippen LogP) is 3.21. The van der Waals surface area contributed by atoms with Crippen LogP contribution in [-0.2, 0) is 9.53 Å². The number of carbonyl (C=O) groups excluding carboxylic acids is 1. The summed E-state index contributed by atoms with van der Waals surface area (Å²) in [6, 6.07) is 8.30. The second-order valence-corrected chi connectivity index (χ2v) is 7.82. The van der Waals surface area contributed by atoms with Gasteiger partial charge in [0.1, 0.15) is 0 Å². The van der Waals surface area contributed by atoms with Crippen molar-refractivity contribution in [2.75, 3.05) is 27.2 Å². The zero-order chi connectivity index (χ0) is 19.4. The molecule has 0 N–H and O–H groups in total.